The SMILES string of the molecule is NC1C2CCC(C2)C1C(=O)NCC(O)Cc1ccccc1. The van der Waals surface area contributed by atoms with E-state index in [0.29, 0.717) is 24.8 Å². The Morgan fingerprint density at radius 2 is 2.00 bits per heavy atom. The molecule has 1 aromatic carbocycles. The van der Waals surface area contributed by atoms with Gasteiger partial charge in [-0.1, -0.05) is 30.3 Å². The van der Waals surface area contributed by atoms with Gasteiger partial charge in [0.05, 0.1) is 12.0 Å². The highest BCUT2D eigenvalue weighted by molar-refractivity contribution is 5.80. The second kappa shape index (κ2) is 6.16. The summed E-state index contributed by atoms with van der Waals surface area (Å²) in [4.78, 5) is 12.3. The third-order valence-corrected chi connectivity index (χ3v) is 5.11. The topological polar surface area (TPSA) is 75.4 Å². The van der Waals surface area contributed by atoms with E-state index in [4.69, 9.17) is 5.73 Å². The monoisotopic (exact) mass is 288 g/mol. The molecule has 0 aliphatic heterocycles. The van der Waals surface area contributed by atoms with Crippen LogP contribution in [0.4, 0.5) is 0 Å². The van der Waals surface area contributed by atoms with Crippen molar-refractivity contribution in [2.24, 2.45) is 23.5 Å². The van der Waals surface area contributed by atoms with Crippen LogP contribution in [0.1, 0.15) is 24.8 Å². The average molecular weight is 288 g/mol. The molecule has 0 heterocycles. The van der Waals surface area contributed by atoms with Crippen LogP contribution in [0.15, 0.2) is 30.3 Å². The molecule has 4 heteroatoms. The number of carbonyl (C=O) groups excluding carboxylic acids is 1. The molecule has 1 amide bonds. The molecule has 3 rings (SSSR count). The highest BCUT2D eigenvalue weighted by Crippen LogP contribution is 2.47. The average Bonchev–Trinajstić information content (AvgIpc) is 3.07. The third kappa shape index (κ3) is 3.11. The fraction of sp³-hybridized carbons (Fsp3) is 0.588. The van der Waals surface area contributed by atoms with Gasteiger partial charge >= 0.3 is 0 Å². The Hall–Kier alpha value is -1.39. The number of hydrogen-bond acceptors (Lipinski definition) is 3. The molecule has 0 spiro atoms. The van der Waals surface area contributed by atoms with E-state index in [9.17, 15) is 9.90 Å². The maximum atomic E-state index is 12.3. The van der Waals surface area contributed by atoms with Crippen molar-refractivity contribution in [3.05, 3.63) is 35.9 Å². The zero-order valence-electron chi connectivity index (χ0n) is 12.2. The zero-order valence-corrected chi connectivity index (χ0v) is 12.2. The summed E-state index contributed by atoms with van der Waals surface area (Å²) < 4.78 is 0. The Kier molecular flexibility index (Phi) is 4.27. The molecule has 5 unspecified atom stereocenters. The van der Waals surface area contributed by atoms with Crippen LogP contribution in [0.3, 0.4) is 0 Å². The minimum absolute atomic E-state index is 0.00927. The van der Waals surface area contributed by atoms with E-state index in [-0.39, 0.29) is 17.9 Å². The van der Waals surface area contributed by atoms with E-state index in [1.165, 1.54) is 6.42 Å². The number of hydrogen-bond donors (Lipinski definition) is 3. The lowest BCUT2D eigenvalue weighted by atomic mass is 9.84. The normalized spacial score (nSPS) is 32.1. The number of nitrogens with two attached hydrogens (primary N) is 1. The Labute approximate surface area is 125 Å². The molecule has 2 fully saturated rings. The molecule has 0 saturated heterocycles. The summed E-state index contributed by atoms with van der Waals surface area (Å²) in [7, 11) is 0. The molecular formula is C17H24N2O2. The van der Waals surface area contributed by atoms with Gasteiger partial charge in [-0.05, 0) is 36.7 Å². The van der Waals surface area contributed by atoms with Gasteiger partial charge in [0.15, 0.2) is 0 Å². The van der Waals surface area contributed by atoms with Crippen LogP contribution >= 0.6 is 0 Å². The number of rotatable bonds is 5. The first-order valence-electron chi connectivity index (χ1n) is 7.90. The third-order valence-electron chi connectivity index (χ3n) is 5.11. The summed E-state index contributed by atoms with van der Waals surface area (Å²) in [6.45, 7) is 0.300. The number of fused-ring (bicyclic) bond motifs is 2. The van der Waals surface area contributed by atoms with Crippen molar-refractivity contribution in [1.82, 2.24) is 5.32 Å². The van der Waals surface area contributed by atoms with Gasteiger partial charge in [-0.15, -0.1) is 0 Å². The number of amides is 1. The van der Waals surface area contributed by atoms with Gasteiger partial charge in [0, 0.05) is 19.0 Å². The van der Waals surface area contributed by atoms with E-state index in [1.54, 1.807) is 0 Å². The second-order valence-corrected chi connectivity index (χ2v) is 6.53. The predicted molar refractivity (Wildman–Crippen MR) is 81.5 cm³/mol. The molecule has 2 bridgehead atoms. The van der Waals surface area contributed by atoms with E-state index in [0.717, 1.165) is 18.4 Å². The first-order chi connectivity index (χ1) is 10.1. The van der Waals surface area contributed by atoms with Crippen molar-refractivity contribution in [1.29, 1.82) is 0 Å². The number of carbonyl (C=O) groups is 1. The van der Waals surface area contributed by atoms with Gasteiger partial charge in [0.1, 0.15) is 0 Å². The van der Waals surface area contributed by atoms with Crippen LogP contribution < -0.4 is 11.1 Å². The largest absolute Gasteiger partial charge is 0.391 e. The number of aliphatic hydroxyl groups excluding tert-OH is 1. The lowest BCUT2D eigenvalue weighted by Crippen LogP contribution is -2.47. The standard InChI is InChI=1S/C17H24N2O2/c18-16-13-7-6-12(9-13)15(16)17(21)19-10-14(20)8-11-4-2-1-3-5-11/h1-5,12-16,20H,6-10,18H2,(H,19,21). The summed E-state index contributed by atoms with van der Waals surface area (Å²) >= 11 is 0. The van der Waals surface area contributed by atoms with Gasteiger partial charge < -0.3 is 16.2 Å². The summed E-state index contributed by atoms with van der Waals surface area (Å²) in [5.74, 6) is 0.964. The Morgan fingerprint density at radius 3 is 2.67 bits per heavy atom. The van der Waals surface area contributed by atoms with Gasteiger partial charge in [-0.25, -0.2) is 0 Å². The minimum atomic E-state index is -0.550. The number of nitrogens with one attached hydrogen (secondary N) is 1. The Morgan fingerprint density at radius 1 is 1.29 bits per heavy atom. The minimum Gasteiger partial charge on any atom is -0.391 e. The van der Waals surface area contributed by atoms with Crippen molar-refractivity contribution < 1.29 is 9.90 Å². The maximum Gasteiger partial charge on any atom is 0.225 e. The summed E-state index contributed by atoms with van der Waals surface area (Å²) in [6.07, 6.45) is 3.41. The molecular weight excluding hydrogens is 264 g/mol. The van der Waals surface area contributed by atoms with Gasteiger partial charge in [-0.2, -0.15) is 0 Å². The van der Waals surface area contributed by atoms with Crippen LogP contribution in [0.5, 0.6) is 0 Å². The van der Waals surface area contributed by atoms with Crippen LogP contribution in [-0.4, -0.2) is 29.7 Å². The van der Waals surface area contributed by atoms with Crippen molar-refractivity contribution in [3.63, 3.8) is 0 Å². The molecule has 21 heavy (non-hydrogen) atoms. The molecule has 4 nitrogen and oxygen atoms in total. The Balaban J connectivity index is 1.47. The highest BCUT2D eigenvalue weighted by atomic mass is 16.3. The van der Waals surface area contributed by atoms with E-state index >= 15 is 0 Å². The first-order valence-corrected chi connectivity index (χ1v) is 7.90. The van der Waals surface area contributed by atoms with E-state index in [1.807, 2.05) is 30.3 Å². The smallest absolute Gasteiger partial charge is 0.225 e. The molecule has 4 N–H and O–H groups in total. The molecule has 114 valence electrons. The maximum absolute atomic E-state index is 12.3. The quantitative estimate of drug-likeness (QED) is 0.759. The lowest BCUT2D eigenvalue weighted by Gasteiger charge is -2.27. The highest BCUT2D eigenvalue weighted by Gasteiger charge is 2.48. The van der Waals surface area contributed by atoms with E-state index < -0.39 is 6.10 Å². The fourth-order valence-corrected chi connectivity index (χ4v) is 4.02. The molecule has 2 aliphatic carbocycles. The molecule has 0 radical (unpaired) electrons. The van der Waals surface area contributed by atoms with Crippen molar-refractivity contribution in [3.8, 4) is 0 Å². The predicted octanol–water partition coefficient (Wildman–Crippen LogP) is 1.08. The fourth-order valence-electron chi connectivity index (χ4n) is 4.02. The summed E-state index contributed by atoms with van der Waals surface area (Å²) in [5, 5.41) is 12.9. The van der Waals surface area contributed by atoms with Crippen molar-refractivity contribution in [2.45, 2.75) is 37.8 Å². The van der Waals surface area contributed by atoms with Gasteiger partial charge in [0.2, 0.25) is 5.91 Å². The van der Waals surface area contributed by atoms with Gasteiger partial charge in [-0.3, -0.25) is 4.79 Å². The van der Waals surface area contributed by atoms with Crippen LogP contribution in [0, 0.1) is 17.8 Å². The molecule has 5 atom stereocenters. The molecule has 1 aromatic rings. The molecule has 2 saturated carbocycles. The van der Waals surface area contributed by atoms with Crippen LogP contribution in [-0.2, 0) is 11.2 Å². The van der Waals surface area contributed by atoms with Crippen molar-refractivity contribution in [2.75, 3.05) is 6.54 Å². The van der Waals surface area contributed by atoms with Crippen LogP contribution in [0.25, 0.3) is 0 Å². The summed E-state index contributed by atoms with van der Waals surface area (Å²) in [6, 6.07) is 9.83. The zero-order chi connectivity index (χ0) is 14.8. The van der Waals surface area contributed by atoms with Gasteiger partial charge in [0.25, 0.3) is 0 Å². The first kappa shape index (κ1) is 14.5. The van der Waals surface area contributed by atoms with Crippen LogP contribution in [0.2, 0.25) is 0 Å². The Bertz CT molecular complexity index is 489. The number of benzene rings is 1. The lowest BCUT2D eigenvalue weighted by molar-refractivity contribution is -0.127. The second-order valence-electron chi connectivity index (χ2n) is 6.53. The summed E-state index contributed by atoms with van der Waals surface area (Å²) in [5.41, 5.74) is 7.25. The molecule has 0 aromatic heterocycles. The van der Waals surface area contributed by atoms with Crippen molar-refractivity contribution >= 4 is 5.91 Å². The van der Waals surface area contributed by atoms with E-state index in [2.05, 4.69) is 5.32 Å². The molecule has 2 aliphatic rings. The number of aliphatic hydroxyl groups is 1.